The van der Waals surface area contributed by atoms with E-state index in [1.54, 1.807) is 32.4 Å². The summed E-state index contributed by atoms with van der Waals surface area (Å²) in [5, 5.41) is 0. The SMILES string of the molecule is CCOc1ccc(C=C2SC(=S)N(c3ccc(OC)cc3OC)C2=O)cc1. The molecule has 2 aromatic carbocycles. The van der Waals surface area contributed by atoms with E-state index < -0.39 is 0 Å². The quantitative estimate of drug-likeness (QED) is 0.524. The lowest BCUT2D eigenvalue weighted by Crippen LogP contribution is -2.27. The van der Waals surface area contributed by atoms with Gasteiger partial charge in [-0.05, 0) is 42.8 Å². The van der Waals surface area contributed by atoms with Crippen LogP contribution in [0.1, 0.15) is 12.5 Å². The molecule has 0 bridgehead atoms. The first-order valence-corrected chi connectivity index (χ1v) is 9.52. The van der Waals surface area contributed by atoms with Crippen molar-refractivity contribution in [2.75, 3.05) is 25.7 Å². The second-order valence-electron chi connectivity index (χ2n) is 5.56. The lowest BCUT2D eigenvalue weighted by molar-refractivity contribution is -0.113. The lowest BCUT2D eigenvalue weighted by atomic mass is 10.2. The summed E-state index contributed by atoms with van der Waals surface area (Å²) in [6, 6.07) is 12.8. The van der Waals surface area contributed by atoms with Crippen LogP contribution in [0.2, 0.25) is 0 Å². The number of anilines is 1. The van der Waals surface area contributed by atoms with Crippen LogP contribution in [0.3, 0.4) is 0 Å². The molecule has 0 aliphatic carbocycles. The third-order valence-electron chi connectivity index (χ3n) is 3.91. The molecule has 7 heteroatoms. The zero-order valence-electron chi connectivity index (χ0n) is 15.2. The minimum Gasteiger partial charge on any atom is -0.497 e. The van der Waals surface area contributed by atoms with Crippen LogP contribution in [0.15, 0.2) is 47.4 Å². The second kappa shape index (κ2) is 8.45. The molecule has 0 spiro atoms. The topological polar surface area (TPSA) is 48.0 Å². The number of methoxy groups -OCH3 is 2. The van der Waals surface area contributed by atoms with Crippen molar-refractivity contribution < 1.29 is 19.0 Å². The molecule has 2 aromatic rings. The maximum absolute atomic E-state index is 13.0. The summed E-state index contributed by atoms with van der Waals surface area (Å²) in [6.45, 7) is 2.55. The zero-order chi connectivity index (χ0) is 19.4. The monoisotopic (exact) mass is 401 g/mol. The molecule has 3 rings (SSSR count). The first-order chi connectivity index (χ1) is 13.1. The van der Waals surface area contributed by atoms with Crippen LogP contribution >= 0.6 is 24.0 Å². The Kier molecular flexibility index (Phi) is 6.03. The summed E-state index contributed by atoms with van der Waals surface area (Å²) in [5.74, 6) is 1.78. The highest BCUT2D eigenvalue weighted by Gasteiger charge is 2.35. The van der Waals surface area contributed by atoms with Crippen molar-refractivity contribution in [3.8, 4) is 17.2 Å². The highest BCUT2D eigenvalue weighted by atomic mass is 32.2. The Morgan fingerprint density at radius 1 is 1.07 bits per heavy atom. The van der Waals surface area contributed by atoms with Crippen LogP contribution in [0.25, 0.3) is 6.08 Å². The molecule has 0 unspecified atom stereocenters. The van der Waals surface area contributed by atoms with E-state index in [0.717, 1.165) is 11.3 Å². The van der Waals surface area contributed by atoms with Gasteiger partial charge in [-0.15, -0.1) is 0 Å². The summed E-state index contributed by atoms with van der Waals surface area (Å²) < 4.78 is 16.5. The number of hydrogen-bond acceptors (Lipinski definition) is 6. The Morgan fingerprint density at radius 3 is 2.41 bits per heavy atom. The molecule has 1 aliphatic rings. The van der Waals surface area contributed by atoms with Crippen molar-refractivity contribution in [3.05, 3.63) is 52.9 Å². The fourth-order valence-electron chi connectivity index (χ4n) is 2.62. The van der Waals surface area contributed by atoms with Gasteiger partial charge in [0.15, 0.2) is 4.32 Å². The van der Waals surface area contributed by atoms with Crippen LogP contribution < -0.4 is 19.1 Å². The fraction of sp³-hybridized carbons (Fsp3) is 0.200. The Morgan fingerprint density at radius 2 is 1.78 bits per heavy atom. The highest BCUT2D eigenvalue weighted by molar-refractivity contribution is 8.27. The number of ether oxygens (including phenoxy) is 3. The van der Waals surface area contributed by atoms with Crippen LogP contribution in [0.4, 0.5) is 5.69 Å². The largest absolute Gasteiger partial charge is 0.497 e. The van der Waals surface area contributed by atoms with E-state index >= 15 is 0 Å². The molecular weight excluding hydrogens is 382 g/mol. The van der Waals surface area contributed by atoms with E-state index in [0.29, 0.717) is 33.0 Å². The van der Waals surface area contributed by atoms with Gasteiger partial charge in [-0.3, -0.25) is 9.69 Å². The maximum Gasteiger partial charge on any atom is 0.270 e. The van der Waals surface area contributed by atoms with Gasteiger partial charge in [-0.1, -0.05) is 36.1 Å². The van der Waals surface area contributed by atoms with Crippen molar-refractivity contribution in [1.82, 2.24) is 0 Å². The molecular formula is C20H19NO4S2. The third-order valence-corrected chi connectivity index (χ3v) is 5.21. The summed E-state index contributed by atoms with van der Waals surface area (Å²) in [6.07, 6.45) is 1.82. The molecule has 1 heterocycles. The van der Waals surface area contributed by atoms with Crippen molar-refractivity contribution in [1.29, 1.82) is 0 Å². The number of thioether (sulfide) groups is 1. The molecule has 5 nitrogen and oxygen atoms in total. The van der Waals surface area contributed by atoms with Gasteiger partial charge in [0.1, 0.15) is 17.2 Å². The molecule has 0 aromatic heterocycles. The van der Waals surface area contributed by atoms with E-state index in [1.807, 2.05) is 37.3 Å². The Labute approximate surface area is 167 Å². The van der Waals surface area contributed by atoms with Crippen LogP contribution in [0.5, 0.6) is 17.2 Å². The highest BCUT2D eigenvalue weighted by Crippen LogP contribution is 2.41. The first kappa shape index (κ1) is 19.3. The van der Waals surface area contributed by atoms with Gasteiger partial charge < -0.3 is 14.2 Å². The van der Waals surface area contributed by atoms with Gasteiger partial charge in [0.25, 0.3) is 5.91 Å². The maximum atomic E-state index is 13.0. The standard InChI is InChI=1S/C20H19NO4S2/c1-4-25-14-7-5-13(6-8-14)11-18-19(22)21(20(26)27-18)16-10-9-15(23-2)12-17(16)24-3/h5-12H,4H2,1-3H3. The van der Waals surface area contributed by atoms with E-state index in [9.17, 15) is 4.79 Å². The van der Waals surface area contributed by atoms with Crippen molar-refractivity contribution in [2.24, 2.45) is 0 Å². The van der Waals surface area contributed by atoms with Crippen LogP contribution in [-0.2, 0) is 4.79 Å². The van der Waals surface area contributed by atoms with Crippen LogP contribution in [-0.4, -0.2) is 31.1 Å². The van der Waals surface area contributed by atoms with Crippen molar-refractivity contribution in [3.63, 3.8) is 0 Å². The van der Waals surface area contributed by atoms with E-state index in [-0.39, 0.29) is 5.91 Å². The molecule has 140 valence electrons. The molecule has 0 radical (unpaired) electrons. The van der Waals surface area contributed by atoms with Gasteiger partial charge in [0, 0.05) is 6.07 Å². The Balaban J connectivity index is 1.89. The van der Waals surface area contributed by atoms with Crippen molar-refractivity contribution >= 4 is 46.0 Å². The molecule has 1 fully saturated rings. The van der Waals surface area contributed by atoms with Crippen LogP contribution in [0, 0.1) is 0 Å². The molecule has 0 atom stereocenters. The summed E-state index contributed by atoms with van der Waals surface area (Å²) in [7, 11) is 3.12. The Bertz CT molecular complexity index is 893. The lowest BCUT2D eigenvalue weighted by Gasteiger charge is -2.18. The number of carbonyl (C=O) groups excluding carboxylic acids is 1. The molecule has 27 heavy (non-hydrogen) atoms. The second-order valence-corrected chi connectivity index (χ2v) is 7.23. The molecule has 0 N–H and O–H groups in total. The predicted molar refractivity (Wildman–Crippen MR) is 113 cm³/mol. The average molecular weight is 402 g/mol. The number of nitrogens with zero attached hydrogens (tertiary/aromatic N) is 1. The third kappa shape index (κ3) is 4.09. The molecule has 1 saturated heterocycles. The Hall–Kier alpha value is -2.51. The van der Waals surface area contributed by atoms with Gasteiger partial charge in [0.2, 0.25) is 0 Å². The minimum atomic E-state index is -0.178. The fourth-order valence-corrected chi connectivity index (χ4v) is 3.91. The number of amides is 1. The van der Waals surface area contributed by atoms with Gasteiger partial charge in [-0.2, -0.15) is 0 Å². The first-order valence-electron chi connectivity index (χ1n) is 8.30. The average Bonchev–Trinajstić information content (AvgIpc) is 2.96. The minimum absolute atomic E-state index is 0.178. The van der Waals surface area contributed by atoms with Gasteiger partial charge in [-0.25, -0.2) is 0 Å². The number of carbonyl (C=O) groups is 1. The van der Waals surface area contributed by atoms with Crippen molar-refractivity contribution in [2.45, 2.75) is 6.92 Å². The molecule has 1 aliphatic heterocycles. The summed E-state index contributed by atoms with van der Waals surface area (Å²) in [5.41, 5.74) is 1.50. The van der Waals surface area contributed by atoms with E-state index in [1.165, 1.54) is 16.7 Å². The zero-order valence-corrected chi connectivity index (χ0v) is 16.9. The molecule has 0 saturated carbocycles. The normalized spacial score (nSPS) is 15.4. The van der Waals surface area contributed by atoms with E-state index in [2.05, 4.69) is 0 Å². The number of benzene rings is 2. The summed E-state index contributed by atoms with van der Waals surface area (Å²) >= 11 is 6.70. The predicted octanol–water partition coefficient (Wildman–Crippen LogP) is 4.51. The number of rotatable bonds is 6. The summed E-state index contributed by atoms with van der Waals surface area (Å²) in [4.78, 5) is 15.0. The van der Waals surface area contributed by atoms with Gasteiger partial charge in [0.05, 0.1) is 31.4 Å². The number of hydrogen-bond donors (Lipinski definition) is 0. The van der Waals surface area contributed by atoms with E-state index in [4.69, 9.17) is 26.4 Å². The number of thiocarbonyl (C=S) groups is 1. The molecule has 1 amide bonds. The smallest absolute Gasteiger partial charge is 0.270 e. The van der Waals surface area contributed by atoms with Gasteiger partial charge >= 0.3 is 0 Å².